The lowest BCUT2D eigenvalue weighted by molar-refractivity contribution is 0.144. The molecule has 0 aliphatic rings. The molecule has 0 aromatic carbocycles. The van der Waals surface area contributed by atoms with Crippen LogP contribution in [0.5, 0.6) is 0 Å². The fourth-order valence-electron chi connectivity index (χ4n) is 0.312. The van der Waals surface area contributed by atoms with Crippen LogP contribution in [-0.2, 0) is 0 Å². The first-order valence-corrected chi connectivity index (χ1v) is 2.88. The number of alkyl halides is 1. The minimum absolute atomic E-state index is 0.269. The van der Waals surface area contributed by atoms with Gasteiger partial charge in [0.2, 0.25) is 0 Å². The van der Waals surface area contributed by atoms with Gasteiger partial charge in [0.15, 0.2) is 0 Å². The van der Waals surface area contributed by atoms with Gasteiger partial charge in [-0.2, -0.15) is 4.91 Å². The Balaban J connectivity index is 3.44. The van der Waals surface area contributed by atoms with Gasteiger partial charge in [-0.05, 0) is 0 Å². The maximum absolute atomic E-state index is 9.49. The van der Waals surface area contributed by atoms with Crippen molar-refractivity contribution in [2.45, 2.75) is 11.5 Å². The molecule has 0 saturated heterocycles. The second kappa shape index (κ2) is 4.67. The zero-order chi connectivity index (χ0) is 7.28. The minimum atomic E-state index is -1.03. The largest absolute Gasteiger partial charge is 0.395 e. The molecular weight excluding hydrogens is 146 g/mol. The summed E-state index contributed by atoms with van der Waals surface area (Å²) < 4.78 is 0. The summed E-state index contributed by atoms with van der Waals surface area (Å²) in [7, 11) is 0. The molecule has 0 amide bonds. The van der Waals surface area contributed by atoms with Gasteiger partial charge in [0.05, 0.1) is 18.1 Å². The number of hydrogen-bond donors (Lipinski definition) is 2. The summed E-state index contributed by atoms with van der Waals surface area (Å²) in [5.41, 5.74) is 0. The van der Waals surface area contributed by atoms with Gasteiger partial charge in [-0.25, -0.2) is 0 Å². The highest BCUT2D eigenvalue weighted by Crippen LogP contribution is 2.01. The number of aliphatic hydroxyl groups excluding tert-OH is 2. The molecule has 9 heavy (non-hydrogen) atoms. The van der Waals surface area contributed by atoms with Crippen LogP contribution in [0.3, 0.4) is 0 Å². The first-order chi connectivity index (χ1) is 4.22. The normalized spacial score (nSPS) is 16.8. The molecule has 0 radical (unpaired) electrons. The summed E-state index contributed by atoms with van der Waals surface area (Å²) in [5, 5.41) is 18.6. The Hall–Kier alpha value is -0.190. The van der Waals surface area contributed by atoms with Gasteiger partial charge < -0.3 is 10.2 Å². The number of rotatable bonds is 4. The third kappa shape index (κ3) is 3.40. The molecule has 5 heteroatoms. The Labute approximate surface area is 57.4 Å². The maximum Gasteiger partial charge on any atom is 0.109 e. The molecule has 0 fully saturated rings. The Bertz CT molecular complexity index is 89.9. The number of nitroso groups, excluding NO2 is 1. The lowest BCUT2D eigenvalue weighted by atomic mass is 10.3. The van der Waals surface area contributed by atoms with E-state index < -0.39 is 11.5 Å². The third-order valence-corrected chi connectivity index (χ3v) is 1.28. The molecule has 2 N–H and O–H groups in total. The molecule has 0 rings (SSSR count). The van der Waals surface area contributed by atoms with Gasteiger partial charge in [-0.1, -0.05) is 5.18 Å². The average Bonchev–Trinajstić information content (AvgIpc) is 1.87. The lowest BCUT2D eigenvalue weighted by Gasteiger charge is -2.09. The summed E-state index contributed by atoms with van der Waals surface area (Å²) in [4.78, 5) is 9.49. The van der Waals surface area contributed by atoms with Gasteiger partial charge in [-0.3, -0.25) is 0 Å². The van der Waals surface area contributed by atoms with E-state index in [1.165, 1.54) is 0 Å². The first kappa shape index (κ1) is 8.81. The Kier molecular flexibility index (Phi) is 4.57. The summed E-state index contributed by atoms with van der Waals surface area (Å²) >= 11 is 5.30. The van der Waals surface area contributed by atoms with E-state index in [2.05, 4.69) is 5.18 Å². The molecule has 0 heterocycles. The van der Waals surface area contributed by atoms with Crippen molar-refractivity contribution in [3.63, 3.8) is 0 Å². The van der Waals surface area contributed by atoms with Crippen molar-refractivity contribution in [3.8, 4) is 0 Å². The van der Waals surface area contributed by atoms with Crippen molar-refractivity contribution in [1.82, 2.24) is 0 Å². The molecule has 2 unspecified atom stereocenters. The number of nitrogens with zero attached hydrogens (tertiary/aromatic N) is 1. The van der Waals surface area contributed by atoms with Crippen LogP contribution in [0, 0.1) is 4.91 Å². The molecule has 4 nitrogen and oxygen atoms in total. The Morgan fingerprint density at radius 3 is 2.56 bits per heavy atom. The van der Waals surface area contributed by atoms with Gasteiger partial charge >= 0.3 is 0 Å². The number of aliphatic hydroxyl groups is 2. The van der Waals surface area contributed by atoms with Crippen LogP contribution < -0.4 is 0 Å². The molecule has 0 aromatic heterocycles. The number of halogens is 1. The zero-order valence-corrected chi connectivity index (χ0v) is 5.45. The van der Waals surface area contributed by atoms with Crippen LogP contribution in [0.25, 0.3) is 0 Å². The second-order valence-corrected chi connectivity index (χ2v) is 2.14. The molecular formula is C4H8ClNO3. The SMILES string of the molecule is O=NCC(O)C(Cl)CO. The summed E-state index contributed by atoms with van der Waals surface area (Å²) in [6.07, 6.45) is -1.03. The van der Waals surface area contributed by atoms with Crippen molar-refractivity contribution in [1.29, 1.82) is 0 Å². The van der Waals surface area contributed by atoms with Gasteiger partial charge in [0, 0.05) is 0 Å². The summed E-state index contributed by atoms with van der Waals surface area (Å²) in [6.45, 7) is -0.618. The highest BCUT2D eigenvalue weighted by atomic mass is 35.5. The Morgan fingerprint density at radius 2 is 2.22 bits per heavy atom. The zero-order valence-electron chi connectivity index (χ0n) is 4.70. The van der Waals surface area contributed by atoms with Crippen molar-refractivity contribution < 1.29 is 10.2 Å². The average molecular weight is 154 g/mol. The van der Waals surface area contributed by atoms with E-state index in [0.717, 1.165) is 0 Å². The third-order valence-electron chi connectivity index (χ3n) is 0.854. The van der Waals surface area contributed by atoms with E-state index in [1.54, 1.807) is 0 Å². The Morgan fingerprint density at radius 1 is 1.67 bits per heavy atom. The molecule has 0 bridgehead atoms. The predicted molar refractivity (Wildman–Crippen MR) is 33.4 cm³/mol. The number of hydrogen-bond acceptors (Lipinski definition) is 4. The van der Waals surface area contributed by atoms with Crippen LogP contribution in [0.15, 0.2) is 5.18 Å². The molecule has 54 valence electrons. The van der Waals surface area contributed by atoms with E-state index in [4.69, 9.17) is 21.8 Å². The molecule has 0 aliphatic carbocycles. The van der Waals surface area contributed by atoms with Crippen LogP contribution in [0.1, 0.15) is 0 Å². The van der Waals surface area contributed by atoms with Crippen LogP contribution >= 0.6 is 11.6 Å². The van der Waals surface area contributed by atoms with E-state index >= 15 is 0 Å². The van der Waals surface area contributed by atoms with Gasteiger partial charge in [0.25, 0.3) is 0 Å². The molecule has 2 atom stereocenters. The topological polar surface area (TPSA) is 69.9 Å². The summed E-state index contributed by atoms with van der Waals surface area (Å²) in [5.74, 6) is 0. The predicted octanol–water partition coefficient (Wildman–Crippen LogP) is -0.287. The van der Waals surface area contributed by atoms with Gasteiger partial charge in [-0.15, -0.1) is 11.6 Å². The minimum Gasteiger partial charge on any atom is -0.395 e. The van der Waals surface area contributed by atoms with E-state index in [0.29, 0.717) is 0 Å². The van der Waals surface area contributed by atoms with Crippen LogP contribution in [0.2, 0.25) is 0 Å². The fourth-order valence-corrected chi connectivity index (χ4v) is 0.392. The molecule has 0 saturated carbocycles. The summed E-state index contributed by atoms with van der Waals surface area (Å²) in [6, 6.07) is 0. The maximum atomic E-state index is 9.49. The molecule has 0 aliphatic heterocycles. The lowest BCUT2D eigenvalue weighted by Crippen LogP contribution is -2.26. The van der Waals surface area contributed by atoms with Crippen molar-refractivity contribution in [2.24, 2.45) is 5.18 Å². The van der Waals surface area contributed by atoms with Crippen molar-refractivity contribution in [3.05, 3.63) is 4.91 Å². The van der Waals surface area contributed by atoms with Crippen molar-refractivity contribution >= 4 is 11.6 Å². The highest BCUT2D eigenvalue weighted by molar-refractivity contribution is 6.21. The quantitative estimate of drug-likeness (QED) is 0.431. The fraction of sp³-hybridized carbons (Fsp3) is 1.00. The monoisotopic (exact) mass is 153 g/mol. The van der Waals surface area contributed by atoms with Crippen LogP contribution in [-0.4, -0.2) is 34.8 Å². The van der Waals surface area contributed by atoms with Gasteiger partial charge in [0.1, 0.15) is 6.54 Å². The molecule has 0 aromatic rings. The highest BCUT2D eigenvalue weighted by Gasteiger charge is 2.14. The van der Waals surface area contributed by atoms with Crippen LogP contribution in [0.4, 0.5) is 0 Å². The van der Waals surface area contributed by atoms with Crippen molar-refractivity contribution in [2.75, 3.05) is 13.2 Å². The standard InChI is InChI=1S/C4H8ClNO3/c5-3(2-7)4(8)1-6-9/h3-4,7-8H,1-2H2. The van der Waals surface area contributed by atoms with E-state index in [1.807, 2.05) is 0 Å². The molecule has 0 spiro atoms. The second-order valence-electron chi connectivity index (χ2n) is 1.58. The van der Waals surface area contributed by atoms with E-state index in [9.17, 15) is 4.91 Å². The first-order valence-electron chi connectivity index (χ1n) is 2.44. The smallest absolute Gasteiger partial charge is 0.109 e. The van der Waals surface area contributed by atoms with E-state index in [-0.39, 0.29) is 13.2 Å².